The lowest BCUT2D eigenvalue weighted by atomic mass is 10.0. The average molecular weight is 244 g/mol. The fourth-order valence-corrected chi connectivity index (χ4v) is 1.83. The van der Waals surface area contributed by atoms with E-state index in [2.05, 4.69) is 37.8 Å². The van der Waals surface area contributed by atoms with Gasteiger partial charge >= 0.3 is 0 Å². The van der Waals surface area contributed by atoms with E-state index in [1.54, 1.807) is 6.33 Å². The molecule has 0 amide bonds. The highest BCUT2D eigenvalue weighted by atomic mass is 35.5. The molecule has 3 nitrogen and oxygen atoms in total. The van der Waals surface area contributed by atoms with E-state index in [1.165, 1.54) is 0 Å². The van der Waals surface area contributed by atoms with Gasteiger partial charge in [0.15, 0.2) is 0 Å². The molecule has 0 saturated heterocycles. The molecule has 0 fully saturated rings. The molecule has 1 atom stereocenters. The predicted molar refractivity (Wildman–Crippen MR) is 67.8 cm³/mol. The van der Waals surface area contributed by atoms with Gasteiger partial charge in [-0.2, -0.15) is 5.10 Å². The molecule has 1 rings (SSSR count). The standard InChI is InChI=1S/C12H22ClN3/c1-9(2)11(13)6-5-7-12-14-8-15-16(12)10(3)4/h8-11H,5-7H2,1-4H3. The van der Waals surface area contributed by atoms with Crippen molar-refractivity contribution in [2.75, 3.05) is 0 Å². The maximum absolute atomic E-state index is 6.22. The Balaban J connectivity index is 2.40. The Morgan fingerprint density at radius 3 is 2.56 bits per heavy atom. The maximum Gasteiger partial charge on any atom is 0.138 e. The molecule has 0 aliphatic heterocycles. The quantitative estimate of drug-likeness (QED) is 0.717. The van der Waals surface area contributed by atoms with E-state index in [1.807, 2.05) is 4.68 Å². The van der Waals surface area contributed by atoms with Gasteiger partial charge in [-0.1, -0.05) is 13.8 Å². The van der Waals surface area contributed by atoms with Crippen LogP contribution in [0.5, 0.6) is 0 Å². The summed E-state index contributed by atoms with van der Waals surface area (Å²) in [6.07, 6.45) is 4.73. The second kappa shape index (κ2) is 6.24. The van der Waals surface area contributed by atoms with Crippen molar-refractivity contribution in [1.82, 2.24) is 14.8 Å². The summed E-state index contributed by atoms with van der Waals surface area (Å²) in [5.74, 6) is 1.62. The molecule has 92 valence electrons. The minimum Gasteiger partial charge on any atom is -0.248 e. The second-order valence-electron chi connectivity index (χ2n) is 4.87. The molecule has 0 bridgehead atoms. The molecule has 0 aromatic carbocycles. The lowest BCUT2D eigenvalue weighted by Gasteiger charge is -2.13. The molecule has 1 unspecified atom stereocenters. The van der Waals surface area contributed by atoms with E-state index in [9.17, 15) is 0 Å². The van der Waals surface area contributed by atoms with Crippen LogP contribution in [0.2, 0.25) is 0 Å². The number of aromatic nitrogens is 3. The van der Waals surface area contributed by atoms with Crippen LogP contribution in [0.25, 0.3) is 0 Å². The number of nitrogens with zero attached hydrogens (tertiary/aromatic N) is 3. The van der Waals surface area contributed by atoms with E-state index in [4.69, 9.17) is 11.6 Å². The van der Waals surface area contributed by atoms with Gasteiger partial charge in [0.25, 0.3) is 0 Å². The summed E-state index contributed by atoms with van der Waals surface area (Å²) in [5.41, 5.74) is 0. The van der Waals surface area contributed by atoms with Gasteiger partial charge in [-0.3, -0.25) is 0 Å². The van der Waals surface area contributed by atoms with Gasteiger partial charge < -0.3 is 0 Å². The lowest BCUT2D eigenvalue weighted by molar-refractivity contribution is 0.488. The number of aryl methyl sites for hydroxylation is 1. The normalized spacial score (nSPS) is 13.7. The van der Waals surface area contributed by atoms with Gasteiger partial charge in [-0.25, -0.2) is 9.67 Å². The summed E-state index contributed by atoms with van der Waals surface area (Å²) < 4.78 is 1.98. The molecule has 16 heavy (non-hydrogen) atoms. The van der Waals surface area contributed by atoms with E-state index in [0.717, 1.165) is 25.1 Å². The van der Waals surface area contributed by atoms with Crippen LogP contribution in [0.3, 0.4) is 0 Å². The van der Waals surface area contributed by atoms with Crippen molar-refractivity contribution in [2.24, 2.45) is 5.92 Å². The molecule has 4 heteroatoms. The molecule has 0 saturated carbocycles. The van der Waals surface area contributed by atoms with Crippen LogP contribution in [-0.4, -0.2) is 20.1 Å². The first kappa shape index (κ1) is 13.5. The van der Waals surface area contributed by atoms with E-state index >= 15 is 0 Å². The molecule has 1 aromatic heterocycles. The summed E-state index contributed by atoms with van der Waals surface area (Å²) in [5, 5.41) is 4.49. The number of halogens is 1. The number of hydrogen-bond donors (Lipinski definition) is 0. The largest absolute Gasteiger partial charge is 0.248 e. The van der Waals surface area contributed by atoms with Gasteiger partial charge in [0.05, 0.1) is 0 Å². The van der Waals surface area contributed by atoms with Crippen LogP contribution >= 0.6 is 11.6 Å². The lowest BCUT2D eigenvalue weighted by Crippen LogP contribution is -2.11. The monoisotopic (exact) mass is 243 g/mol. The Morgan fingerprint density at radius 2 is 2.00 bits per heavy atom. The fraction of sp³-hybridized carbons (Fsp3) is 0.833. The molecule has 1 heterocycles. The third-order valence-corrected chi connectivity index (χ3v) is 3.46. The van der Waals surface area contributed by atoms with Gasteiger partial charge in [0.2, 0.25) is 0 Å². The summed E-state index contributed by atoms with van der Waals surface area (Å²) in [6.45, 7) is 8.57. The van der Waals surface area contributed by atoms with Crippen LogP contribution in [-0.2, 0) is 6.42 Å². The Kier molecular flexibility index (Phi) is 5.26. The van der Waals surface area contributed by atoms with Crippen molar-refractivity contribution in [3.8, 4) is 0 Å². The maximum atomic E-state index is 6.22. The van der Waals surface area contributed by atoms with Crippen molar-refractivity contribution >= 4 is 11.6 Å². The highest BCUT2D eigenvalue weighted by Gasteiger charge is 2.11. The van der Waals surface area contributed by atoms with Crippen LogP contribution in [0.1, 0.15) is 52.4 Å². The predicted octanol–water partition coefficient (Wildman–Crippen LogP) is 3.45. The van der Waals surface area contributed by atoms with Crippen molar-refractivity contribution in [1.29, 1.82) is 0 Å². The first-order valence-corrected chi connectivity index (χ1v) is 6.48. The zero-order valence-electron chi connectivity index (χ0n) is 10.7. The molecular formula is C12H22ClN3. The van der Waals surface area contributed by atoms with Crippen LogP contribution in [0.15, 0.2) is 6.33 Å². The van der Waals surface area contributed by atoms with Crippen molar-refractivity contribution < 1.29 is 0 Å². The minimum absolute atomic E-state index is 0.274. The zero-order valence-corrected chi connectivity index (χ0v) is 11.4. The van der Waals surface area contributed by atoms with Crippen LogP contribution in [0.4, 0.5) is 0 Å². The highest BCUT2D eigenvalue weighted by molar-refractivity contribution is 6.20. The number of rotatable bonds is 6. The molecular weight excluding hydrogens is 222 g/mol. The molecule has 0 N–H and O–H groups in total. The van der Waals surface area contributed by atoms with Gasteiger partial charge in [-0.15, -0.1) is 11.6 Å². The van der Waals surface area contributed by atoms with Crippen molar-refractivity contribution in [2.45, 2.75) is 58.4 Å². The second-order valence-corrected chi connectivity index (χ2v) is 5.43. The minimum atomic E-state index is 0.274. The Hall–Kier alpha value is -0.570. The summed E-state index contributed by atoms with van der Waals surface area (Å²) in [6, 6.07) is 0.384. The molecule has 0 radical (unpaired) electrons. The Morgan fingerprint density at radius 1 is 1.31 bits per heavy atom. The summed E-state index contributed by atoms with van der Waals surface area (Å²) in [7, 11) is 0. The van der Waals surface area contributed by atoms with Crippen molar-refractivity contribution in [3.05, 3.63) is 12.2 Å². The number of alkyl halides is 1. The topological polar surface area (TPSA) is 30.7 Å². The van der Waals surface area contributed by atoms with Gasteiger partial charge in [0, 0.05) is 17.8 Å². The third kappa shape index (κ3) is 3.78. The molecule has 1 aromatic rings. The van der Waals surface area contributed by atoms with Crippen LogP contribution < -0.4 is 0 Å². The SMILES string of the molecule is CC(C)C(Cl)CCCc1ncnn1C(C)C. The Bertz CT molecular complexity index is 307. The fourth-order valence-electron chi connectivity index (χ4n) is 1.67. The van der Waals surface area contributed by atoms with Gasteiger partial charge in [0.1, 0.15) is 12.2 Å². The average Bonchev–Trinajstić information content (AvgIpc) is 2.65. The number of hydrogen-bond acceptors (Lipinski definition) is 2. The van der Waals surface area contributed by atoms with Crippen LogP contribution in [0, 0.1) is 5.92 Å². The van der Waals surface area contributed by atoms with E-state index < -0.39 is 0 Å². The summed E-state index contributed by atoms with van der Waals surface area (Å²) in [4.78, 5) is 4.29. The van der Waals surface area contributed by atoms with E-state index in [-0.39, 0.29) is 5.38 Å². The molecule has 0 aliphatic carbocycles. The first-order valence-electron chi connectivity index (χ1n) is 6.04. The first-order chi connectivity index (χ1) is 7.52. The van der Waals surface area contributed by atoms with Gasteiger partial charge in [-0.05, 0) is 32.6 Å². The summed E-state index contributed by atoms with van der Waals surface area (Å²) >= 11 is 6.22. The Labute approximate surface area is 103 Å². The smallest absolute Gasteiger partial charge is 0.138 e. The third-order valence-electron chi connectivity index (χ3n) is 2.74. The molecule has 0 aliphatic rings. The zero-order chi connectivity index (χ0) is 12.1. The molecule has 0 spiro atoms. The van der Waals surface area contributed by atoms with Crippen molar-refractivity contribution in [3.63, 3.8) is 0 Å². The van der Waals surface area contributed by atoms with E-state index in [0.29, 0.717) is 12.0 Å². The highest BCUT2D eigenvalue weighted by Crippen LogP contribution is 2.17.